The van der Waals surface area contributed by atoms with Crippen molar-refractivity contribution < 1.29 is 14.6 Å². The molecule has 0 aromatic heterocycles. The molecule has 1 atom stereocenters. The number of amides is 1. The smallest absolute Gasteiger partial charge is 0.241 e. The second-order valence-corrected chi connectivity index (χ2v) is 4.46. The SMILES string of the molecule is O=C(NCCOCCO)C1NCCc2ccccc21. The van der Waals surface area contributed by atoms with Gasteiger partial charge in [-0.2, -0.15) is 0 Å². The van der Waals surface area contributed by atoms with Crippen LogP contribution in [0.1, 0.15) is 17.2 Å². The normalized spacial score (nSPS) is 17.8. The molecular weight excluding hydrogens is 244 g/mol. The van der Waals surface area contributed by atoms with Crippen molar-refractivity contribution in [3.63, 3.8) is 0 Å². The van der Waals surface area contributed by atoms with Gasteiger partial charge in [0.15, 0.2) is 0 Å². The van der Waals surface area contributed by atoms with E-state index in [2.05, 4.69) is 16.7 Å². The summed E-state index contributed by atoms with van der Waals surface area (Å²) in [7, 11) is 0. The Hall–Kier alpha value is -1.43. The Kier molecular flexibility index (Phi) is 5.32. The van der Waals surface area contributed by atoms with Gasteiger partial charge in [0.2, 0.25) is 5.91 Å². The zero-order valence-corrected chi connectivity index (χ0v) is 10.9. The van der Waals surface area contributed by atoms with E-state index in [1.54, 1.807) is 0 Å². The summed E-state index contributed by atoms with van der Waals surface area (Å²) in [5.41, 5.74) is 2.29. The molecule has 0 saturated carbocycles. The second kappa shape index (κ2) is 7.23. The highest BCUT2D eigenvalue weighted by atomic mass is 16.5. The molecular formula is C14H20N2O3. The van der Waals surface area contributed by atoms with Crippen molar-refractivity contribution in [2.24, 2.45) is 0 Å². The Bertz CT molecular complexity index is 423. The van der Waals surface area contributed by atoms with Gasteiger partial charge in [0, 0.05) is 13.1 Å². The number of rotatable bonds is 6. The fraction of sp³-hybridized carbons (Fsp3) is 0.500. The lowest BCUT2D eigenvalue weighted by Crippen LogP contribution is -2.42. The van der Waals surface area contributed by atoms with E-state index in [-0.39, 0.29) is 18.6 Å². The van der Waals surface area contributed by atoms with Crippen LogP contribution in [0.3, 0.4) is 0 Å². The molecule has 1 amide bonds. The molecule has 1 heterocycles. The summed E-state index contributed by atoms with van der Waals surface area (Å²) in [6, 6.07) is 7.75. The van der Waals surface area contributed by atoms with E-state index in [4.69, 9.17) is 9.84 Å². The fourth-order valence-electron chi connectivity index (χ4n) is 2.25. The van der Waals surface area contributed by atoms with Crippen LogP contribution in [0, 0.1) is 0 Å². The van der Waals surface area contributed by atoms with Gasteiger partial charge in [0.25, 0.3) is 0 Å². The quantitative estimate of drug-likeness (QED) is 0.633. The Morgan fingerprint density at radius 2 is 2.26 bits per heavy atom. The van der Waals surface area contributed by atoms with Crippen molar-refractivity contribution in [1.29, 1.82) is 0 Å². The van der Waals surface area contributed by atoms with Crippen LogP contribution in [-0.4, -0.2) is 43.9 Å². The summed E-state index contributed by atoms with van der Waals surface area (Å²) in [5, 5.41) is 14.6. The van der Waals surface area contributed by atoms with Crippen molar-refractivity contribution in [3.05, 3.63) is 35.4 Å². The Morgan fingerprint density at radius 3 is 3.11 bits per heavy atom. The number of aliphatic hydroxyl groups is 1. The number of carbonyl (C=O) groups is 1. The molecule has 19 heavy (non-hydrogen) atoms. The monoisotopic (exact) mass is 264 g/mol. The summed E-state index contributed by atoms with van der Waals surface area (Å²) in [4.78, 5) is 12.1. The number of benzene rings is 1. The number of aliphatic hydroxyl groups excluding tert-OH is 1. The molecule has 1 aromatic carbocycles. The van der Waals surface area contributed by atoms with E-state index in [1.807, 2.05) is 18.2 Å². The van der Waals surface area contributed by atoms with Gasteiger partial charge >= 0.3 is 0 Å². The zero-order chi connectivity index (χ0) is 13.5. The Balaban J connectivity index is 1.86. The molecule has 1 unspecified atom stereocenters. The molecule has 2 rings (SSSR count). The lowest BCUT2D eigenvalue weighted by molar-refractivity contribution is -0.123. The van der Waals surface area contributed by atoms with Crippen LogP contribution >= 0.6 is 0 Å². The van der Waals surface area contributed by atoms with Gasteiger partial charge in [-0.15, -0.1) is 0 Å². The molecule has 1 aromatic rings. The van der Waals surface area contributed by atoms with Crippen molar-refractivity contribution in [3.8, 4) is 0 Å². The van der Waals surface area contributed by atoms with E-state index < -0.39 is 0 Å². The number of carbonyl (C=O) groups excluding carboxylic acids is 1. The van der Waals surface area contributed by atoms with Gasteiger partial charge in [0.05, 0.1) is 19.8 Å². The molecule has 5 nitrogen and oxygen atoms in total. The zero-order valence-electron chi connectivity index (χ0n) is 10.9. The first-order valence-corrected chi connectivity index (χ1v) is 6.60. The second-order valence-electron chi connectivity index (χ2n) is 4.46. The summed E-state index contributed by atoms with van der Waals surface area (Å²) in [6.07, 6.45) is 0.958. The highest BCUT2D eigenvalue weighted by molar-refractivity contribution is 5.83. The predicted octanol–water partition coefficient (Wildman–Crippen LogP) is -0.00150. The minimum atomic E-state index is -0.275. The van der Waals surface area contributed by atoms with Crippen molar-refractivity contribution in [2.45, 2.75) is 12.5 Å². The third-order valence-electron chi connectivity index (χ3n) is 3.15. The molecule has 0 bridgehead atoms. The molecule has 1 aliphatic heterocycles. The van der Waals surface area contributed by atoms with Gasteiger partial charge < -0.3 is 20.5 Å². The number of fused-ring (bicyclic) bond motifs is 1. The highest BCUT2D eigenvalue weighted by Gasteiger charge is 2.25. The standard InChI is InChI=1S/C14H20N2O3/c17-8-10-19-9-7-16-14(18)13-12-4-2-1-3-11(12)5-6-15-13/h1-4,13,15,17H,5-10H2,(H,16,18). The molecule has 0 fully saturated rings. The lowest BCUT2D eigenvalue weighted by Gasteiger charge is -2.26. The van der Waals surface area contributed by atoms with Crippen molar-refractivity contribution in [2.75, 3.05) is 32.9 Å². The Morgan fingerprint density at radius 1 is 1.42 bits per heavy atom. The predicted molar refractivity (Wildman–Crippen MR) is 71.8 cm³/mol. The molecule has 0 aliphatic carbocycles. The fourth-order valence-corrected chi connectivity index (χ4v) is 2.25. The largest absolute Gasteiger partial charge is 0.394 e. The van der Waals surface area contributed by atoms with Gasteiger partial charge in [-0.3, -0.25) is 4.79 Å². The van der Waals surface area contributed by atoms with E-state index in [9.17, 15) is 4.79 Å². The van der Waals surface area contributed by atoms with Crippen LogP contribution in [0.15, 0.2) is 24.3 Å². The van der Waals surface area contributed by atoms with Crippen molar-refractivity contribution >= 4 is 5.91 Å². The maximum Gasteiger partial charge on any atom is 0.241 e. The molecule has 5 heteroatoms. The first kappa shape index (κ1) is 14.0. The highest BCUT2D eigenvalue weighted by Crippen LogP contribution is 2.22. The van der Waals surface area contributed by atoms with Gasteiger partial charge in [-0.25, -0.2) is 0 Å². The molecule has 0 radical (unpaired) electrons. The van der Waals surface area contributed by atoms with Gasteiger partial charge in [-0.1, -0.05) is 24.3 Å². The topological polar surface area (TPSA) is 70.6 Å². The minimum absolute atomic E-state index is 0.00546. The number of nitrogens with one attached hydrogen (secondary N) is 2. The van der Waals surface area contributed by atoms with Crippen LogP contribution in [0.25, 0.3) is 0 Å². The molecule has 3 N–H and O–H groups in total. The molecule has 0 spiro atoms. The minimum Gasteiger partial charge on any atom is -0.394 e. The number of ether oxygens (including phenoxy) is 1. The lowest BCUT2D eigenvalue weighted by atomic mass is 9.94. The van der Waals surface area contributed by atoms with Gasteiger partial charge in [-0.05, 0) is 17.5 Å². The average Bonchev–Trinajstić information content (AvgIpc) is 2.46. The Labute approximate surface area is 113 Å². The van der Waals surface area contributed by atoms with Crippen LogP contribution < -0.4 is 10.6 Å². The third kappa shape index (κ3) is 3.76. The van der Waals surface area contributed by atoms with E-state index >= 15 is 0 Å². The van der Waals surface area contributed by atoms with E-state index in [0.717, 1.165) is 18.5 Å². The first-order chi connectivity index (χ1) is 9.33. The third-order valence-corrected chi connectivity index (χ3v) is 3.15. The number of hydrogen-bond acceptors (Lipinski definition) is 4. The first-order valence-electron chi connectivity index (χ1n) is 6.60. The molecule has 1 aliphatic rings. The summed E-state index contributed by atoms with van der Waals surface area (Å²) >= 11 is 0. The number of hydrogen-bond donors (Lipinski definition) is 3. The maximum atomic E-state index is 12.1. The van der Waals surface area contributed by atoms with E-state index in [1.165, 1.54) is 5.56 Å². The van der Waals surface area contributed by atoms with E-state index in [0.29, 0.717) is 19.8 Å². The van der Waals surface area contributed by atoms with Crippen LogP contribution in [0.2, 0.25) is 0 Å². The van der Waals surface area contributed by atoms with Crippen molar-refractivity contribution in [1.82, 2.24) is 10.6 Å². The van der Waals surface area contributed by atoms with Crippen LogP contribution in [0.4, 0.5) is 0 Å². The summed E-state index contributed by atoms with van der Waals surface area (Å²) in [6.45, 7) is 2.00. The summed E-state index contributed by atoms with van der Waals surface area (Å²) in [5.74, 6) is -0.0280. The molecule has 104 valence electrons. The molecule has 0 saturated heterocycles. The average molecular weight is 264 g/mol. The summed E-state index contributed by atoms with van der Waals surface area (Å²) < 4.78 is 5.10. The van der Waals surface area contributed by atoms with Crippen LogP contribution in [0.5, 0.6) is 0 Å². The van der Waals surface area contributed by atoms with Gasteiger partial charge in [0.1, 0.15) is 6.04 Å². The maximum absolute atomic E-state index is 12.1. The van der Waals surface area contributed by atoms with Crippen LogP contribution in [-0.2, 0) is 16.0 Å².